The molecule has 1 fully saturated rings. The molecular weight excluding hydrogens is 350 g/mol. The van der Waals surface area contributed by atoms with E-state index in [-0.39, 0.29) is 10.6 Å². The molecule has 0 saturated carbocycles. The molecule has 1 aromatic heterocycles. The van der Waals surface area contributed by atoms with Crippen LogP contribution in [0.1, 0.15) is 15.9 Å². The van der Waals surface area contributed by atoms with Gasteiger partial charge in [-0.25, -0.2) is 13.2 Å². The summed E-state index contributed by atoms with van der Waals surface area (Å²) in [6, 6.07) is 9.34. The molecule has 0 spiro atoms. The van der Waals surface area contributed by atoms with Gasteiger partial charge in [-0.05, 0) is 5.56 Å². The smallest absolute Gasteiger partial charge is 0.340 e. The van der Waals surface area contributed by atoms with Crippen LogP contribution in [0.5, 0.6) is 0 Å². The lowest BCUT2D eigenvalue weighted by Crippen LogP contribution is -2.38. The minimum atomic E-state index is -3.90. The quantitative estimate of drug-likeness (QED) is 0.858. The van der Waals surface area contributed by atoms with E-state index in [4.69, 9.17) is 0 Å². The van der Waals surface area contributed by atoms with Gasteiger partial charge >= 0.3 is 5.97 Å². The van der Waals surface area contributed by atoms with Crippen LogP contribution in [-0.2, 0) is 16.6 Å². The van der Waals surface area contributed by atoms with Crippen molar-refractivity contribution in [3.8, 4) is 0 Å². The van der Waals surface area contributed by atoms with Crippen LogP contribution < -0.4 is 0 Å². The van der Waals surface area contributed by atoms with E-state index in [1.807, 2.05) is 30.3 Å². The third kappa shape index (κ3) is 3.47. The second kappa shape index (κ2) is 6.96. The summed E-state index contributed by atoms with van der Waals surface area (Å²) in [5.41, 5.74) is 0.624. The van der Waals surface area contributed by atoms with Gasteiger partial charge in [-0.15, -0.1) is 0 Å². The van der Waals surface area contributed by atoms with Crippen LogP contribution in [0.15, 0.2) is 41.6 Å². The summed E-state index contributed by atoms with van der Waals surface area (Å²) in [7, 11) is -3.90. The van der Waals surface area contributed by atoms with Crippen LogP contribution in [0.3, 0.4) is 0 Å². The molecule has 0 amide bonds. The van der Waals surface area contributed by atoms with Crippen LogP contribution in [0.2, 0.25) is 0 Å². The molecule has 0 unspecified atom stereocenters. The van der Waals surface area contributed by atoms with Gasteiger partial charge in [-0.2, -0.15) is 21.2 Å². The van der Waals surface area contributed by atoms with Crippen molar-refractivity contribution in [2.75, 3.05) is 24.6 Å². The van der Waals surface area contributed by atoms with E-state index in [1.54, 1.807) is 11.8 Å². The molecule has 7 nitrogen and oxygen atoms in total. The van der Waals surface area contributed by atoms with Crippen LogP contribution in [0, 0.1) is 0 Å². The SMILES string of the molecule is O=C(O)c1cn(Cc2ccccc2)nc1S(=O)(=O)N1CCSCC1. The normalized spacial score (nSPS) is 16.2. The predicted octanol–water partition coefficient (Wildman–Crippen LogP) is 1.37. The molecule has 128 valence electrons. The molecule has 0 bridgehead atoms. The van der Waals surface area contributed by atoms with E-state index in [0.717, 1.165) is 5.56 Å². The molecule has 2 heterocycles. The third-order valence-corrected chi connectivity index (χ3v) is 6.48. The van der Waals surface area contributed by atoms with Gasteiger partial charge in [-0.1, -0.05) is 30.3 Å². The Morgan fingerprint density at radius 2 is 1.88 bits per heavy atom. The Morgan fingerprint density at radius 1 is 1.21 bits per heavy atom. The summed E-state index contributed by atoms with van der Waals surface area (Å²) in [5, 5.41) is 13.1. The number of aromatic carboxylic acids is 1. The fourth-order valence-electron chi connectivity index (χ4n) is 2.50. The number of hydrogen-bond donors (Lipinski definition) is 1. The molecular formula is C15H17N3O4S2. The summed E-state index contributed by atoms with van der Waals surface area (Å²) in [4.78, 5) is 11.5. The maximum atomic E-state index is 12.8. The van der Waals surface area contributed by atoms with E-state index < -0.39 is 16.0 Å². The number of carboxylic acid groups (broad SMARTS) is 1. The highest BCUT2D eigenvalue weighted by molar-refractivity contribution is 7.99. The van der Waals surface area contributed by atoms with E-state index in [0.29, 0.717) is 31.1 Å². The first-order valence-electron chi connectivity index (χ1n) is 7.41. The minimum absolute atomic E-state index is 0.288. The number of hydrogen-bond acceptors (Lipinski definition) is 5. The molecule has 1 aliphatic rings. The number of nitrogens with zero attached hydrogens (tertiary/aromatic N) is 3. The van der Waals surface area contributed by atoms with Crippen LogP contribution in [0.25, 0.3) is 0 Å². The molecule has 1 saturated heterocycles. The number of benzene rings is 1. The lowest BCUT2D eigenvalue weighted by molar-refractivity contribution is 0.0692. The first-order valence-corrected chi connectivity index (χ1v) is 10.0. The van der Waals surface area contributed by atoms with Gasteiger partial charge in [0.05, 0.1) is 6.54 Å². The van der Waals surface area contributed by atoms with E-state index >= 15 is 0 Å². The number of sulfonamides is 1. The Balaban J connectivity index is 1.96. The Labute approximate surface area is 144 Å². The van der Waals surface area contributed by atoms with Crippen molar-refractivity contribution in [2.24, 2.45) is 0 Å². The summed E-state index contributed by atoms with van der Waals surface area (Å²) in [6.07, 6.45) is 1.28. The Kier molecular flexibility index (Phi) is 4.93. The highest BCUT2D eigenvalue weighted by Crippen LogP contribution is 2.22. The second-order valence-corrected chi connectivity index (χ2v) is 8.43. The largest absolute Gasteiger partial charge is 0.478 e. The van der Waals surface area contributed by atoms with Crippen molar-refractivity contribution in [1.82, 2.24) is 14.1 Å². The Bertz CT molecular complexity index is 828. The molecule has 0 atom stereocenters. The summed E-state index contributed by atoms with van der Waals surface area (Å²) < 4.78 is 28.2. The maximum absolute atomic E-state index is 12.8. The summed E-state index contributed by atoms with van der Waals surface area (Å²) in [5.74, 6) is 0.109. The van der Waals surface area contributed by atoms with Crippen molar-refractivity contribution in [3.05, 3.63) is 47.7 Å². The fraction of sp³-hybridized carbons (Fsp3) is 0.333. The first kappa shape index (κ1) is 17.0. The molecule has 0 aliphatic carbocycles. The van der Waals surface area contributed by atoms with Crippen molar-refractivity contribution in [3.63, 3.8) is 0 Å². The molecule has 2 aromatic rings. The predicted molar refractivity (Wildman–Crippen MR) is 90.8 cm³/mol. The van der Waals surface area contributed by atoms with Crippen molar-refractivity contribution in [2.45, 2.75) is 11.6 Å². The fourth-order valence-corrected chi connectivity index (χ4v) is 5.17. The highest BCUT2D eigenvalue weighted by Gasteiger charge is 2.33. The van der Waals surface area contributed by atoms with Gasteiger partial charge in [0, 0.05) is 30.8 Å². The van der Waals surface area contributed by atoms with Crippen LogP contribution in [0.4, 0.5) is 0 Å². The van der Waals surface area contributed by atoms with Crippen LogP contribution >= 0.6 is 11.8 Å². The Morgan fingerprint density at radius 3 is 2.50 bits per heavy atom. The summed E-state index contributed by atoms with van der Waals surface area (Å²) in [6.45, 7) is 1.06. The lowest BCUT2D eigenvalue weighted by Gasteiger charge is -2.24. The number of aromatic nitrogens is 2. The van der Waals surface area contributed by atoms with Crippen LogP contribution in [-0.4, -0.2) is 58.2 Å². The molecule has 3 rings (SSSR count). The molecule has 1 aromatic carbocycles. The van der Waals surface area contributed by atoms with Gasteiger partial charge in [0.2, 0.25) is 5.03 Å². The Hall–Kier alpha value is -1.84. The average Bonchev–Trinajstić information content (AvgIpc) is 3.01. The van der Waals surface area contributed by atoms with Gasteiger partial charge in [-0.3, -0.25) is 4.68 Å². The van der Waals surface area contributed by atoms with Crippen molar-refractivity contribution < 1.29 is 18.3 Å². The average molecular weight is 367 g/mol. The number of thioether (sulfide) groups is 1. The number of carboxylic acids is 1. The topological polar surface area (TPSA) is 92.5 Å². The minimum Gasteiger partial charge on any atom is -0.478 e. The van der Waals surface area contributed by atoms with E-state index in [2.05, 4.69) is 5.10 Å². The molecule has 1 aliphatic heterocycles. The first-order chi connectivity index (χ1) is 11.5. The van der Waals surface area contributed by atoms with Gasteiger partial charge in [0.15, 0.2) is 0 Å². The zero-order valence-electron chi connectivity index (χ0n) is 12.8. The number of carbonyl (C=O) groups is 1. The zero-order valence-corrected chi connectivity index (χ0v) is 14.5. The zero-order chi connectivity index (χ0) is 17.2. The standard InChI is InChI=1S/C15H17N3O4S2/c19-15(20)13-11-17(10-12-4-2-1-3-5-12)16-14(13)24(21,22)18-6-8-23-9-7-18/h1-5,11H,6-10H2,(H,19,20). The monoisotopic (exact) mass is 367 g/mol. The van der Waals surface area contributed by atoms with E-state index in [9.17, 15) is 18.3 Å². The van der Waals surface area contributed by atoms with Crippen molar-refractivity contribution in [1.29, 1.82) is 0 Å². The van der Waals surface area contributed by atoms with E-state index in [1.165, 1.54) is 15.2 Å². The highest BCUT2D eigenvalue weighted by atomic mass is 32.2. The van der Waals surface area contributed by atoms with Gasteiger partial charge in [0.1, 0.15) is 5.56 Å². The molecule has 9 heteroatoms. The summed E-state index contributed by atoms with van der Waals surface area (Å²) >= 11 is 1.68. The maximum Gasteiger partial charge on any atom is 0.340 e. The third-order valence-electron chi connectivity index (χ3n) is 3.70. The van der Waals surface area contributed by atoms with Gasteiger partial charge in [0.25, 0.3) is 10.0 Å². The number of rotatable bonds is 5. The molecule has 0 radical (unpaired) electrons. The van der Waals surface area contributed by atoms with Gasteiger partial charge < -0.3 is 5.11 Å². The second-order valence-electron chi connectivity index (χ2n) is 5.35. The van der Waals surface area contributed by atoms with Crippen molar-refractivity contribution >= 4 is 27.8 Å². The molecule has 24 heavy (non-hydrogen) atoms. The molecule has 1 N–H and O–H groups in total. The lowest BCUT2D eigenvalue weighted by atomic mass is 10.2.